The summed E-state index contributed by atoms with van der Waals surface area (Å²) in [4.78, 5) is 10.7. The first kappa shape index (κ1) is 14.9. The minimum atomic E-state index is -1.10. The van der Waals surface area contributed by atoms with E-state index in [1.807, 2.05) is 0 Å². The van der Waals surface area contributed by atoms with E-state index in [0.717, 1.165) is 0 Å². The highest BCUT2D eigenvalue weighted by Gasteiger charge is 2.15. The Labute approximate surface area is 120 Å². The van der Waals surface area contributed by atoms with Gasteiger partial charge >= 0.3 is 5.97 Å². The molecule has 0 saturated carbocycles. The van der Waals surface area contributed by atoms with E-state index >= 15 is 0 Å². The van der Waals surface area contributed by atoms with Gasteiger partial charge in [-0.15, -0.1) is 5.10 Å². The highest BCUT2D eigenvalue weighted by Crippen LogP contribution is 2.20. The SMILES string of the molecule is COc1ccc(F)cc1Cn1cc(CC(N)C(=O)O)nn1. The van der Waals surface area contributed by atoms with Crippen LogP contribution in [0, 0.1) is 5.82 Å². The number of hydrogen-bond acceptors (Lipinski definition) is 5. The number of rotatable bonds is 6. The molecule has 0 fully saturated rings. The number of aromatic nitrogens is 3. The molecule has 3 N–H and O–H groups in total. The Hall–Kier alpha value is -2.48. The number of carboxylic acid groups (broad SMARTS) is 1. The van der Waals surface area contributed by atoms with Gasteiger partial charge in [0.25, 0.3) is 0 Å². The lowest BCUT2D eigenvalue weighted by Crippen LogP contribution is -2.32. The molecule has 0 spiro atoms. The van der Waals surface area contributed by atoms with E-state index in [4.69, 9.17) is 15.6 Å². The van der Waals surface area contributed by atoms with E-state index in [0.29, 0.717) is 17.0 Å². The van der Waals surface area contributed by atoms with Crippen molar-refractivity contribution >= 4 is 5.97 Å². The lowest BCUT2D eigenvalue weighted by atomic mass is 10.2. The molecule has 0 aliphatic heterocycles. The van der Waals surface area contributed by atoms with Gasteiger partial charge in [-0.05, 0) is 18.2 Å². The number of carbonyl (C=O) groups is 1. The van der Waals surface area contributed by atoms with Gasteiger partial charge in [-0.1, -0.05) is 5.21 Å². The first-order valence-corrected chi connectivity index (χ1v) is 6.19. The fourth-order valence-corrected chi connectivity index (χ4v) is 1.87. The molecular formula is C13H15FN4O3. The molecule has 7 nitrogen and oxygen atoms in total. The van der Waals surface area contributed by atoms with Crippen molar-refractivity contribution in [1.29, 1.82) is 0 Å². The van der Waals surface area contributed by atoms with E-state index in [1.165, 1.54) is 30.0 Å². The highest BCUT2D eigenvalue weighted by molar-refractivity contribution is 5.73. The second-order valence-corrected chi connectivity index (χ2v) is 4.51. The predicted molar refractivity (Wildman–Crippen MR) is 71.4 cm³/mol. The van der Waals surface area contributed by atoms with Gasteiger partial charge in [0.2, 0.25) is 0 Å². The number of aliphatic carboxylic acids is 1. The Morgan fingerprint density at radius 1 is 1.57 bits per heavy atom. The van der Waals surface area contributed by atoms with Crippen molar-refractivity contribution in [3.05, 3.63) is 41.5 Å². The molecule has 1 heterocycles. The van der Waals surface area contributed by atoms with Crippen molar-refractivity contribution in [3.63, 3.8) is 0 Å². The van der Waals surface area contributed by atoms with E-state index < -0.39 is 12.0 Å². The standard InChI is InChI=1S/C13H15FN4O3/c1-21-12-3-2-9(14)4-8(12)6-18-7-10(16-17-18)5-11(15)13(19)20/h2-4,7,11H,5-6,15H2,1H3,(H,19,20). The van der Waals surface area contributed by atoms with E-state index in [-0.39, 0.29) is 18.8 Å². The number of benzene rings is 1. The average molecular weight is 294 g/mol. The number of methoxy groups -OCH3 is 1. The first-order valence-electron chi connectivity index (χ1n) is 6.19. The average Bonchev–Trinajstić information content (AvgIpc) is 2.86. The van der Waals surface area contributed by atoms with Crippen LogP contribution in [0.25, 0.3) is 0 Å². The Morgan fingerprint density at radius 3 is 3.00 bits per heavy atom. The van der Waals surface area contributed by atoms with Crippen molar-refractivity contribution < 1.29 is 19.0 Å². The third-order valence-electron chi connectivity index (χ3n) is 2.91. The zero-order valence-corrected chi connectivity index (χ0v) is 11.4. The second kappa shape index (κ2) is 6.31. The molecule has 112 valence electrons. The van der Waals surface area contributed by atoms with Gasteiger partial charge < -0.3 is 15.6 Å². The van der Waals surface area contributed by atoms with Crippen molar-refractivity contribution in [2.75, 3.05) is 7.11 Å². The van der Waals surface area contributed by atoms with Crippen molar-refractivity contribution in [2.24, 2.45) is 5.73 Å². The first-order chi connectivity index (χ1) is 9.99. The minimum absolute atomic E-state index is 0.0790. The van der Waals surface area contributed by atoms with Crippen LogP contribution < -0.4 is 10.5 Å². The molecule has 21 heavy (non-hydrogen) atoms. The summed E-state index contributed by atoms with van der Waals surface area (Å²) < 4.78 is 19.9. The van der Waals surface area contributed by atoms with Gasteiger partial charge in [-0.25, -0.2) is 9.07 Å². The maximum Gasteiger partial charge on any atom is 0.320 e. The van der Waals surface area contributed by atoms with Crippen molar-refractivity contribution in [1.82, 2.24) is 15.0 Å². The number of nitrogens with two attached hydrogens (primary N) is 1. The predicted octanol–water partition coefficient (Wildman–Crippen LogP) is 0.429. The van der Waals surface area contributed by atoms with Crippen LogP contribution in [-0.4, -0.2) is 39.2 Å². The maximum absolute atomic E-state index is 13.3. The number of hydrogen-bond donors (Lipinski definition) is 2. The van der Waals surface area contributed by atoms with Crippen molar-refractivity contribution in [3.8, 4) is 5.75 Å². The van der Waals surface area contributed by atoms with Crippen LogP contribution >= 0.6 is 0 Å². The number of carboxylic acids is 1. The van der Waals surface area contributed by atoms with Crippen LogP contribution in [-0.2, 0) is 17.8 Å². The van der Waals surface area contributed by atoms with Crippen LogP contribution in [0.5, 0.6) is 5.75 Å². The molecule has 0 aliphatic carbocycles. The number of ether oxygens (including phenoxy) is 1. The summed E-state index contributed by atoms with van der Waals surface area (Å²) in [6.07, 6.45) is 1.66. The largest absolute Gasteiger partial charge is 0.496 e. The quantitative estimate of drug-likeness (QED) is 0.800. The molecule has 2 rings (SSSR count). The zero-order chi connectivity index (χ0) is 15.4. The molecule has 8 heteroatoms. The second-order valence-electron chi connectivity index (χ2n) is 4.51. The normalized spacial score (nSPS) is 12.1. The molecule has 1 unspecified atom stereocenters. The third kappa shape index (κ3) is 3.76. The summed E-state index contributed by atoms with van der Waals surface area (Å²) in [5.41, 5.74) is 6.50. The van der Waals surface area contributed by atoms with Gasteiger partial charge in [0.05, 0.1) is 19.3 Å². The topological polar surface area (TPSA) is 103 Å². The summed E-state index contributed by atoms with van der Waals surface area (Å²) in [6, 6.07) is 3.16. The maximum atomic E-state index is 13.3. The van der Waals surface area contributed by atoms with Gasteiger partial charge in [-0.3, -0.25) is 4.79 Å². The molecule has 0 amide bonds. The molecule has 1 aromatic heterocycles. The van der Waals surface area contributed by atoms with Crippen LogP contribution in [0.15, 0.2) is 24.4 Å². The van der Waals surface area contributed by atoms with E-state index in [1.54, 1.807) is 6.20 Å². The molecule has 0 saturated heterocycles. The monoisotopic (exact) mass is 294 g/mol. The van der Waals surface area contributed by atoms with Gasteiger partial charge in [-0.2, -0.15) is 0 Å². The fourth-order valence-electron chi connectivity index (χ4n) is 1.87. The summed E-state index contributed by atoms with van der Waals surface area (Å²) in [6.45, 7) is 0.260. The van der Waals surface area contributed by atoms with Gasteiger partial charge in [0.1, 0.15) is 17.6 Å². The van der Waals surface area contributed by atoms with E-state index in [9.17, 15) is 9.18 Å². The number of nitrogens with zero attached hydrogens (tertiary/aromatic N) is 3. The van der Waals surface area contributed by atoms with Crippen molar-refractivity contribution in [2.45, 2.75) is 19.0 Å². The zero-order valence-electron chi connectivity index (χ0n) is 11.4. The summed E-state index contributed by atoms with van der Waals surface area (Å²) in [7, 11) is 1.50. The molecule has 0 bridgehead atoms. The summed E-state index contributed by atoms with van der Waals surface area (Å²) in [5, 5.41) is 16.5. The molecule has 0 aliphatic rings. The van der Waals surface area contributed by atoms with Gasteiger partial charge in [0.15, 0.2) is 0 Å². The lowest BCUT2D eigenvalue weighted by molar-refractivity contribution is -0.138. The lowest BCUT2D eigenvalue weighted by Gasteiger charge is -2.08. The smallest absolute Gasteiger partial charge is 0.320 e. The summed E-state index contributed by atoms with van der Waals surface area (Å²) in [5.74, 6) is -0.939. The van der Waals surface area contributed by atoms with Crippen LogP contribution in [0.4, 0.5) is 4.39 Å². The van der Waals surface area contributed by atoms with Gasteiger partial charge in [0, 0.05) is 18.2 Å². The van der Waals surface area contributed by atoms with Crippen LogP contribution in [0.2, 0.25) is 0 Å². The number of halogens is 1. The molecular weight excluding hydrogens is 279 g/mol. The Balaban J connectivity index is 2.12. The highest BCUT2D eigenvalue weighted by atomic mass is 19.1. The third-order valence-corrected chi connectivity index (χ3v) is 2.91. The molecule has 1 atom stereocenters. The minimum Gasteiger partial charge on any atom is -0.496 e. The van der Waals surface area contributed by atoms with Crippen LogP contribution in [0.1, 0.15) is 11.3 Å². The molecule has 2 aromatic rings. The molecule has 0 radical (unpaired) electrons. The Bertz CT molecular complexity index is 644. The van der Waals surface area contributed by atoms with Crippen LogP contribution in [0.3, 0.4) is 0 Å². The molecule has 1 aromatic carbocycles. The fraction of sp³-hybridized carbons (Fsp3) is 0.308. The summed E-state index contributed by atoms with van der Waals surface area (Å²) >= 11 is 0. The van der Waals surface area contributed by atoms with E-state index in [2.05, 4.69) is 10.3 Å². The Kier molecular flexibility index (Phi) is 4.49. The Morgan fingerprint density at radius 2 is 2.33 bits per heavy atom.